The van der Waals surface area contributed by atoms with Crippen LogP contribution < -0.4 is 11.1 Å². The van der Waals surface area contributed by atoms with Gasteiger partial charge in [0, 0.05) is 12.5 Å². The Labute approximate surface area is 127 Å². The summed E-state index contributed by atoms with van der Waals surface area (Å²) in [6.07, 6.45) is 5.11. The van der Waals surface area contributed by atoms with Crippen LogP contribution in [0.25, 0.3) is 0 Å². The van der Waals surface area contributed by atoms with Gasteiger partial charge in [0.2, 0.25) is 11.8 Å². The molecule has 2 aliphatic rings. The Hall–Kier alpha value is -0.810. The van der Waals surface area contributed by atoms with Gasteiger partial charge in [0.1, 0.15) is 0 Å². The number of hydrogen-bond acceptors (Lipinski definition) is 3. The van der Waals surface area contributed by atoms with E-state index in [4.69, 9.17) is 5.73 Å². The van der Waals surface area contributed by atoms with Crippen LogP contribution in [0.2, 0.25) is 0 Å². The van der Waals surface area contributed by atoms with Crippen molar-refractivity contribution in [3.63, 3.8) is 0 Å². The van der Waals surface area contributed by atoms with Gasteiger partial charge in [-0.15, -0.1) is 12.4 Å². The number of amides is 2. The fraction of sp³-hybridized carbons (Fsp3) is 0.857. The molecule has 1 atom stereocenters. The second kappa shape index (κ2) is 7.27. The summed E-state index contributed by atoms with van der Waals surface area (Å²) in [6.45, 7) is 4.83. The van der Waals surface area contributed by atoms with Crippen LogP contribution in [0.15, 0.2) is 0 Å². The predicted molar refractivity (Wildman–Crippen MR) is 80.6 cm³/mol. The van der Waals surface area contributed by atoms with E-state index in [1.54, 1.807) is 4.90 Å². The molecule has 5 nitrogen and oxygen atoms in total. The molecule has 2 rings (SSSR count). The van der Waals surface area contributed by atoms with Crippen LogP contribution in [-0.4, -0.2) is 42.9 Å². The number of unbranched alkanes of at least 4 members (excludes halogenated alkanes) is 1. The number of halogens is 1. The maximum atomic E-state index is 12.5. The first kappa shape index (κ1) is 17.2. The predicted octanol–water partition coefficient (Wildman–Crippen LogP) is 0.912. The van der Waals surface area contributed by atoms with Gasteiger partial charge in [-0.2, -0.15) is 0 Å². The van der Waals surface area contributed by atoms with Crippen molar-refractivity contribution in [1.82, 2.24) is 10.2 Å². The topological polar surface area (TPSA) is 75.4 Å². The first-order chi connectivity index (χ1) is 9.09. The lowest BCUT2D eigenvalue weighted by Crippen LogP contribution is -2.41. The molecule has 116 valence electrons. The highest BCUT2D eigenvalue weighted by Crippen LogP contribution is 2.59. The lowest BCUT2D eigenvalue weighted by molar-refractivity contribution is -0.137. The van der Waals surface area contributed by atoms with Gasteiger partial charge in [-0.1, -0.05) is 13.3 Å². The first-order valence-corrected chi connectivity index (χ1v) is 7.37. The van der Waals surface area contributed by atoms with Gasteiger partial charge in [0.05, 0.1) is 6.54 Å². The van der Waals surface area contributed by atoms with Gasteiger partial charge < -0.3 is 16.0 Å². The Morgan fingerprint density at radius 2 is 2.00 bits per heavy atom. The Kier molecular flexibility index (Phi) is 6.27. The molecule has 0 aromatic heterocycles. The molecular weight excluding hydrogens is 278 g/mol. The number of nitrogens with one attached hydrogen (secondary N) is 1. The summed E-state index contributed by atoms with van der Waals surface area (Å²) >= 11 is 0. The van der Waals surface area contributed by atoms with E-state index < -0.39 is 5.91 Å². The van der Waals surface area contributed by atoms with Gasteiger partial charge in [-0.3, -0.25) is 9.59 Å². The maximum absolute atomic E-state index is 12.5. The Bertz CT molecular complexity index is 356. The molecule has 1 saturated carbocycles. The first-order valence-electron chi connectivity index (χ1n) is 7.37. The number of primary amides is 1. The van der Waals surface area contributed by atoms with Crippen molar-refractivity contribution in [3.05, 3.63) is 0 Å². The van der Waals surface area contributed by atoms with Crippen LogP contribution in [0.1, 0.15) is 39.0 Å². The summed E-state index contributed by atoms with van der Waals surface area (Å²) in [7, 11) is 0. The van der Waals surface area contributed by atoms with Crippen molar-refractivity contribution < 1.29 is 9.59 Å². The molecule has 0 aromatic carbocycles. The fourth-order valence-corrected chi connectivity index (χ4v) is 3.20. The Morgan fingerprint density at radius 1 is 1.35 bits per heavy atom. The maximum Gasteiger partial charge on any atom is 0.237 e. The summed E-state index contributed by atoms with van der Waals surface area (Å²) in [4.78, 5) is 25.3. The highest BCUT2D eigenvalue weighted by Gasteiger charge is 2.58. The standard InChI is InChI=1S/C14H25N3O2.ClH/c1-2-3-8-17(10-12(15)18)13(19)11-9-14(11)4-6-16-7-5-14;/h11,16H,2-10H2,1H3,(H2,15,18);1H. The number of rotatable bonds is 6. The zero-order chi connectivity index (χ0) is 13.9. The van der Waals surface area contributed by atoms with Crippen LogP contribution in [-0.2, 0) is 9.59 Å². The summed E-state index contributed by atoms with van der Waals surface area (Å²) < 4.78 is 0. The van der Waals surface area contributed by atoms with E-state index in [0.717, 1.165) is 45.2 Å². The average molecular weight is 304 g/mol. The van der Waals surface area contributed by atoms with Gasteiger partial charge in [0.15, 0.2) is 0 Å². The molecule has 1 aliphatic carbocycles. The molecule has 6 heteroatoms. The SMILES string of the molecule is CCCCN(CC(N)=O)C(=O)C1CC12CCNCC2.Cl. The molecule has 2 fully saturated rings. The van der Waals surface area contributed by atoms with E-state index in [1.807, 2.05) is 0 Å². The monoisotopic (exact) mass is 303 g/mol. The van der Waals surface area contributed by atoms with Crippen LogP contribution >= 0.6 is 12.4 Å². The minimum atomic E-state index is -0.413. The van der Waals surface area contributed by atoms with Gasteiger partial charge in [-0.25, -0.2) is 0 Å². The summed E-state index contributed by atoms with van der Waals surface area (Å²) in [5.41, 5.74) is 5.48. The Morgan fingerprint density at radius 3 is 2.55 bits per heavy atom. The van der Waals surface area contributed by atoms with Crippen molar-refractivity contribution in [1.29, 1.82) is 0 Å². The zero-order valence-electron chi connectivity index (χ0n) is 12.2. The number of piperidine rings is 1. The lowest BCUT2D eigenvalue weighted by atomic mass is 9.91. The van der Waals surface area contributed by atoms with Crippen molar-refractivity contribution in [2.45, 2.75) is 39.0 Å². The molecule has 20 heavy (non-hydrogen) atoms. The summed E-state index contributed by atoms with van der Waals surface area (Å²) in [5, 5.41) is 3.34. The number of carbonyl (C=O) groups excluding carboxylic acids is 2. The average Bonchev–Trinajstić information content (AvgIpc) is 3.07. The quantitative estimate of drug-likeness (QED) is 0.766. The highest BCUT2D eigenvalue weighted by atomic mass is 35.5. The second-order valence-corrected chi connectivity index (χ2v) is 5.95. The molecule has 0 aromatic rings. The van der Waals surface area contributed by atoms with E-state index in [2.05, 4.69) is 12.2 Å². The van der Waals surface area contributed by atoms with Crippen LogP contribution in [0, 0.1) is 11.3 Å². The molecular formula is C14H26ClN3O2. The third kappa shape index (κ3) is 3.85. The van der Waals surface area contributed by atoms with Gasteiger partial charge in [0.25, 0.3) is 0 Å². The van der Waals surface area contributed by atoms with E-state index in [-0.39, 0.29) is 36.2 Å². The van der Waals surface area contributed by atoms with Crippen LogP contribution in [0.4, 0.5) is 0 Å². The molecule has 0 bridgehead atoms. The summed E-state index contributed by atoms with van der Waals surface area (Å²) in [6, 6.07) is 0. The number of nitrogens with two attached hydrogens (primary N) is 1. The molecule has 1 heterocycles. The molecule has 1 aliphatic heterocycles. The van der Waals surface area contributed by atoms with Crippen molar-refractivity contribution in [2.75, 3.05) is 26.2 Å². The van der Waals surface area contributed by atoms with Crippen molar-refractivity contribution >= 4 is 24.2 Å². The van der Waals surface area contributed by atoms with Crippen molar-refractivity contribution in [3.8, 4) is 0 Å². The van der Waals surface area contributed by atoms with Gasteiger partial charge >= 0.3 is 0 Å². The van der Waals surface area contributed by atoms with Crippen molar-refractivity contribution in [2.24, 2.45) is 17.1 Å². The van der Waals surface area contributed by atoms with Crippen LogP contribution in [0.3, 0.4) is 0 Å². The second-order valence-electron chi connectivity index (χ2n) is 5.95. The molecule has 0 radical (unpaired) electrons. The van der Waals surface area contributed by atoms with Crippen LogP contribution in [0.5, 0.6) is 0 Å². The minimum absolute atomic E-state index is 0. The van der Waals surface area contributed by atoms with E-state index in [9.17, 15) is 9.59 Å². The lowest BCUT2D eigenvalue weighted by Gasteiger charge is -2.26. The van der Waals surface area contributed by atoms with E-state index >= 15 is 0 Å². The Balaban J connectivity index is 0.00000200. The number of hydrogen-bond donors (Lipinski definition) is 2. The number of nitrogens with zero attached hydrogens (tertiary/aromatic N) is 1. The normalized spacial score (nSPS) is 22.9. The molecule has 3 N–H and O–H groups in total. The smallest absolute Gasteiger partial charge is 0.237 e. The highest BCUT2D eigenvalue weighted by molar-refractivity contribution is 5.87. The number of carbonyl (C=O) groups is 2. The summed E-state index contributed by atoms with van der Waals surface area (Å²) in [5.74, 6) is -0.135. The largest absolute Gasteiger partial charge is 0.368 e. The fourth-order valence-electron chi connectivity index (χ4n) is 3.20. The molecule has 2 amide bonds. The molecule has 1 spiro atoms. The van der Waals surface area contributed by atoms with Gasteiger partial charge in [-0.05, 0) is 44.2 Å². The van der Waals surface area contributed by atoms with E-state index in [0.29, 0.717) is 6.54 Å². The third-order valence-electron chi connectivity index (χ3n) is 4.53. The third-order valence-corrected chi connectivity index (χ3v) is 4.53. The molecule has 1 unspecified atom stereocenters. The van der Waals surface area contributed by atoms with E-state index in [1.165, 1.54) is 0 Å². The molecule has 1 saturated heterocycles. The minimum Gasteiger partial charge on any atom is -0.368 e. The zero-order valence-corrected chi connectivity index (χ0v) is 13.0.